The molecule has 2 heterocycles. The fourth-order valence-corrected chi connectivity index (χ4v) is 7.13. The first-order valence-corrected chi connectivity index (χ1v) is 11.4. The molecule has 5 atom stereocenters. The molecular weight excluding hydrogens is 412 g/mol. The Kier molecular flexibility index (Phi) is 5.29. The SMILES string of the molecule is COC1CCCC([C@@]23C=C[C@@H](CC(=O)[C@H]2O)N3S(=O)(=O)c2ccc([N+](=O)[O-])cc2)C1. The number of methoxy groups -OCH3 is 1. The van der Waals surface area contributed by atoms with E-state index in [1.165, 1.54) is 16.4 Å². The van der Waals surface area contributed by atoms with Gasteiger partial charge in [0.15, 0.2) is 5.78 Å². The summed E-state index contributed by atoms with van der Waals surface area (Å²) in [5.74, 6) is -0.663. The zero-order valence-corrected chi connectivity index (χ0v) is 17.3. The van der Waals surface area contributed by atoms with Crippen LogP contribution >= 0.6 is 0 Å². The summed E-state index contributed by atoms with van der Waals surface area (Å²) in [5, 5.41) is 21.9. The van der Waals surface area contributed by atoms with Crippen LogP contribution in [0.2, 0.25) is 0 Å². The predicted molar refractivity (Wildman–Crippen MR) is 106 cm³/mol. The van der Waals surface area contributed by atoms with Gasteiger partial charge in [-0.2, -0.15) is 4.31 Å². The average molecular weight is 436 g/mol. The molecule has 1 N–H and O–H groups in total. The van der Waals surface area contributed by atoms with Crippen molar-refractivity contribution in [1.29, 1.82) is 0 Å². The number of hydrogen-bond acceptors (Lipinski definition) is 7. The summed E-state index contributed by atoms with van der Waals surface area (Å²) in [6.07, 6.45) is 4.56. The minimum Gasteiger partial charge on any atom is -0.383 e. The smallest absolute Gasteiger partial charge is 0.269 e. The number of carbonyl (C=O) groups excluding carboxylic acids is 1. The van der Waals surface area contributed by atoms with Gasteiger partial charge in [0.2, 0.25) is 10.0 Å². The Morgan fingerprint density at radius 2 is 1.97 bits per heavy atom. The van der Waals surface area contributed by atoms with Gasteiger partial charge in [0, 0.05) is 25.7 Å². The molecule has 162 valence electrons. The Labute approximate surface area is 174 Å². The number of rotatable bonds is 5. The maximum absolute atomic E-state index is 13.6. The van der Waals surface area contributed by atoms with Crippen LogP contribution in [0.1, 0.15) is 32.1 Å². The van der Waals surface area contributed by atoms with Crippen molar-refractivity contribution >= 4 is 21.5 Å². The topological polar surface area (TPSA) is 127 Å². The summed E-state index contributed by atoms with van der Waals surface area (Å²) in [6, 6.07) is 3.98. The van der Waals surface area contributed by atoms with Crippen LogP contribution in [0, 0.1) is 16.0 Å². The van der Waals surface area contributed by atoms with Crippen LogP contribution in [0.15, 0.2) is 41.3 Å². The molecule has 0 radical (unpaired) electrons. The molecule has 9 nitrogen and oxygen atoms in total. The fraction of sp³-hybridized carbons (Fsp3) is 0.550. The summed E-state index contributed by atoms with van der Waals surface area (Å²) < 4.78 is 34.0. The number of Topliss-reactive ketones (excluding diaryl/α,β-unsaturated/α-hetero) is 1. The van der Waals surface area contributed by atoms with Gasteiger partial charge in [0.25, 0.3) is 5.69 Å². The van der Waals surface area contributed by atoms with Gasteiger partial charge in [-0.25, -0.2) is 8.42 Å². The summed E-state index contributed by atoms with van der Waals surface area (Å²) in [6.45, 7) is 0. The predicted octanol–water partition coefficient (Wildman–Crippen LogP) is 1.80. The van der Waals surface area contributed by atoms with Gasteiger partial charge in [0.05, 0.1) is 27.5 Å². The van der Waals surface area contributed by atoms with E-state index in [9.17, 15) is 28.4 Å². The van der Waals surface area contributed by atoms with E-state index < -0.39 is 32.6 Å². The third-order valence-corrected chi connectivity index (χ3v) is 8.61. The van der Waals surface area contributed by atoms with E-state index in [-0.39, 0.29) is 34.8 Å². The number of piperidine rings is 1. The number of carbonyl (C=O) groups is 1. The molecule has 2 unspecified atom stereocenters. The van der Waals surface area contributed by atoms with Crippen molar-refractivity contribution in [3.05, 3.63) is 46.5 Å². The lowest BCUT2D eigenvalue weighted by molar-refractivity contribution is -0.384. The first-order valence-electron chi connectivity index (χ1n) is 9.93. The van der Waals surface area contributed by atoms with Gasteiger partial charge in [-0.3, -0.25) is 14.9 Å². The molecule has 2 aliphatic heterocycles. The van der Waals surface area contributed by atoms with Crippen molar-refractivity contribution in [2.45, 2.75) is 60.8 Å². The molecule has 10 heteroatoms. The molecule has 0 amide bonds. The van der Waals surface area contributed by atoms with Crippen molar-refractivity contribution in [1.82, 2.24) is 4.31 Å². The summed E-state index contributed by atoms with van der Waals surface area (Å²) in [4.78, 5) is 22.8. The van der Waals surface area contributed by atoms with Crippen LogP contribution < -0.4 is 0 Å². The second-order valence-corrected chi connectivity index (χ2v) is 9.97. The first kappa shape index (κ1) is 21.1. The van der Waals surface area contributed by atoms with Crippen molar-refractivity contribution in [2.24, 2.45) is 5.92 Å². The van der Waals surface area contributed by atoms with E-state index in [1.54, 1.807) is 19.3 Å². The molecule has 0 spiro atoms. The number of fused-ring (bicyclic) bond motifs is 2. The Hall–Kier alpha value is -2.14. The number of hydrogen-bond donors (Lipinski definition) is 1. The van der Waals surface area contributed by atoms with Crippen LogP contribution in [-0.2, 0) is 19.6 Å². The Morgan fingerprint density at radius 3 is 2.60 bits per heavy atom. The monoisotopic (exact) mass is 436 g/mol. The van der Waals surface area contributed by atoms with E-state index in [0.29, 0.717) is 12.8 Å². The molecule has 1 saturated heterocycles. The number of benzene rings is 1. The molecular formula is C20H24N2O7S. The van der Waals surface area contributed by atoms with E-state index >= 15 is 0 Å². The maximum atomic E-state index is 13.6. The molecule has 2 fully saturated rings. The van der Waals surface area contributed by atoms with Gasteiger partial charge in [-0.05, 0) is 37.3 Å². The quantitative estimate of drug-likeness (QED) is 0.423. The van der Waals surface area contributed by atoms with Crippen LogP contribution in [0.4, 0.5) is 5.69 Å². The van der Waals surface area contributed by atoms with E-state index in [2.05, 4.69) is 0 Å². The number of non-ortho nitro benzene ring substituents is 1. The van der Waals surface area contributed by atoms with Gasteiger partial charge < -0.3 is 9.84 Å². The number of aliphatic hydroxyl groups is 1. The highest BCUT2D eigenvalue weighted by molar-refractivity contribution is 7.89. The van der Waals surface area contributed by atoms with Gasteiger partial charge in [0.1, 0.15) is 6.10 Å². The van der Waals surface area contributed by atoms with Crippen molar-refractivity contribution in [3.63, 3.8) is 0 Å². The molecule has 4 rings (SSSR count). The molecule has 3 aliphatic rings. The maximum Gasteiger partial charge on any atom is 0.269 e. The molecule has 0 aromatic heterocycles. The van der Waals surface area contributed by atoms with E-state index in [1.807, 2.05) is 0 Å². The normalized spacial score (nSPS) is 34.3. The second-order valence-electron chi connectivity index (χ2n) is 8.16. The minimum absolute atomic E-state index is 0.0706. The highest BCUT2D eigenvalue weighted by atomic mass is 32.2. The molecule has 2 bridgehead atoms. The first-order chi connectivity index (χ1) is 14.2. The zero-order valence-electron chi connectivity index (χ0n) is 16.5. The third-order valence-electron chi connectivity index (χ3n) is 6.64. The molecule has 1 aromatic carbocycles. The molecule has 1 aliphatic carbocycles. The summed E-state index contributed by atoms with van der Waals surface area (Å²) in [5.41, 5.74) is -1.59. The summed E-state index contributed by atoms with van der Waals surface area (Å²) >= 11 is 0. The Bertz CT molecular complexity index is 991. The average Bonchev–Trinajstić information content (AvgIpc) is 3.08. The van der Waals surface area contributed by atoms with Crippen molar-refractivity contribution < 1.29 is 28.0 Å². The number of nitro benzene ring substituents is 1. The highest BCUT2D eigenvalue weighted by Crippen LogP contribution is 2.50. The standard InChI is InChI=1S/C20H24N2O7S/c1-29-16-4-2-3-13(11-16)20-10-9-15(12-18(23)19(20)24)21(20)30(27,28)17-7-5-14(6-8-17)22(25)26/h5-10,13,15-16,19,24H,2-4,11-12H2,1H3/t13?,15-,16?,19+,20-/m0/s1. The largest absolute Gasteiger partial charge is 0.383 e. The van der Waals surface area contributed by atoms with Crippen LogP contribution in [-0.4, -0.2) is 59.4 Å². The van der Waals surface area contributed by atoms with Gasteiger partial charge in [-0.1, -0.05) is 18.6 Å². The minimum atomic E-state index is -4.13. The van der Waals surface area contributed by atoms with Gasteiger partial charge in [-0.15, -0.1) is 0 Å². The van der Waals surface area contributed by atoms with Crippen LogP contribution in [0.25, 0.3) is 0 Å². The van der Waals surface area contributed by atoms with Crippen LogP contribution in [0.5, 0.6) is 0 Å². The van der Waals surface area contributed by atoms with Gasteiger partial charge >= 0.3 is 0 Å². The Balaban J connectivity index is 1.79. The number of ketones is 1. The molecule has 1 saturated carbocycles. The molecule has 30 heavy (non-hydrogen) atoms. The number of nitrogens with zero attached hydrogens (tertiary/aromatic N) is 2. The van der Waals surface area contributed by atoms with Crippen LogP contribution in [0.3, 0.4) is 0 Å². The van der Waals surface area contributed by atoms with Crippen molar-refractivity contribution in [3.8, 4) is 0 Å². The fourth-order valence-electron chi connectivity index (χ4n) is 5.20. The van der Waals surface area contributed by atoms with E-state index in [0.717, 1.165) is 25.0 Å². The number of aliphatic hydroxyl groups excluding tert-OH is 1. The highest BCUT2D eigenvalue weighted by Gasteiger charge is 2.62. The lowest BCUT2D eigenvalue weighted by atomic mass is 9.69. The lowest BCUT2D eigenvalue weighted by Gasteiger charge is -2.51. The zero-order chi connectivity index (χ0) is 21.7. The lowest BCUT2D eigenvalue weighted by Crippen LogP contribution is -2.67. The van der Waals surface area contributed by atoms with Crippen molar-refractivity contribution in [2.75, 3.05) is 7.11 Å². The number of nitro groups is 1. The number of sulfonamides is 1. The Morgan fingerprint density at radius 1 is 1.27 bits per heavy atom. The second kappa shape index (κ2) is 7.52. The summed E-state index contributed by atoms with van der Waals surface area (Å²) in [7, 11) is -2.53. The van der Waals surface area contributed by atoms with E-state index in [4.69, 9.17) is 4.74 Å². The number of ether oxygens (including phenoxy) is 1. The molecule has 1 aromatic rings. The third kappa shape index (κ3) is 3.09.